The molecule has 0 aliphatic rings. The maximum absolute atomic E-state index is 12.4. The summed E-state index contributed by atoms with van der Waals surface area (Å²) in [6, 6.07) is 5.86. The van der Waals surface area contributed by atoms with Gasteiger partial charge in [-0.15, -0.1) is 10.2 Å². The maximum atomic E-state index is 12.4. The van der Waals surface area contributed by atoms with Gasteiger partial charge in [-0.05, 0) is 38.0 Å². The van der Waals surface area contributed by atoms with Crippen molar-refractivity contribution in [3.05, 3.63) is 35.2 Å². The van der Waals surface area contributed by atoms with Gasteiger partial charge in [0.2, 0.25) is 11.1 Å². The van der Waals surface area contributed by atoms with Gasteiger partial charge in [0.1, 0.15) is 0 Å². The topological polar surface area (TPSA) is 85.8 Å². The predicted octanol–water partition coefficient (Wildman–Crippen LogP) is 2.85. The first-order valence-electron chi connectivity index (χ1n) is 7.55. The second kappa shape index (κ2) is 7.04. The number of nitrogens with one attached hydrogen (secondary N) is 1. The average molecular weight is 333 g/mol. The zero-order chi connectivity index (χ0) is 17.1. The highest BCUT2D eigenvalue weighted by Crippen LogP contribution is 2.25. The van der Waals surface area contributed by atoms with Gasteiger partial charge in [0.15, 0.2) is 5.82 Å². The van der Waals surface area contributed by atoms with Crippen LogP contribution in [0.5, 0.6) is 0 Å². The Hall–Kier alpha value is -2.02. The first-order chi connectivity index (χ1) is 10.8. The molecule has 1 amide bonds. The normalized spacial score (nSPS) is 12.4. The molecular weight excluding hydrogens is 310 g/mol. The van der Waals surface area contributed by atoms with Crippen LogP contribution in [0, 0.1) is 13.8 Å². The van der Waals surface area contributed by atoms with Crippen LogP contribution in [0.25, 0.3) is 0 Å². The molecule has 6 nitrogen and oxygen atoms in total. The molecule has 23 heavy (non-hydrogen) atoms. The fourth-order valence-electron chi connectivity index (χ4n) is 2.09. The van der Waals surface area contributed by atoms with E-state index in [1.54, 1.807) is 0 Å². The molecule has 2 rings (SSSR count). The molecule has 2 aromatic rings. The smallest absolute Gasteiger partial charge is 0.237 e. The third kappa shape index (κ3) is 3.85. The molecular formula is C16H23N5OS. The van der Waals surface area contributed by atoms with E-state index in [0.29, 0.717) is 11.0 Å². The van der Waals surface area contributed by atoms with E-state index in [4.69, 9.17) is 5.84 Å². The number of nitrogens with zero attached hydrogens (tertiary/aromatic N) is 3. The number of nitrogen functional groups attached to an aromatic ring is 1. The molecule has 124 valence electrons. The lowest BCUT2D eigenvalue weighted by molar-refractivity contribution is -0.115. The number of aryl methyl sites for hydroxylation is 1. The molecule has 0 unspecified atom stereocenters. The van der Waals surface area contributed by atoms with E-state index < -0.39 is 0 Å². The number of benzene rings is 1. The summed E-state index contributed by atoms with van der Waals surface area (Å²) in [6.07, 6.45) is 0. The van der Waals surface area contributed by atoms with Crippen LogP contribution < -0.4 is 11.2 Å². The summed E-state index contributed by atoms with van der Waals surface area (Å²) < 4.78 is 1.46. The van der Waals surface area contributed by atoms with Crippen molar-refractivity contribution in [2.45, 2.75) is 50.9 Å². The zero-order valence-corrected chi connectivity index (χ0v) is 14.9. The highest BCUT2D eigenvalue weighted by atomic mass is 32.2. The van der Waals surface area contributed by atoms with Gasteiger partial charge in [-0.1, -0.05) is 37.7 Å². The molecule has 0 spiro atoms. The third-order valence-electron chi connectivity index (χ3n) is 3.72. The molecule has 0 fully saturated rings. The first-order valence-corrected chi connectivity index (χ1v) is 8.43. The lowest BCUT2D eigenvalue weighted by Crippen LogP contribution is -2.24. The van der Waals surface area contributed by atoms with Crippen LogP contribution in [0.3, 0.4) is 0 Å². The summed E-state index contributed by atoms with van der Waals surface area (Å²) >= 11 is 1.30. The standard InChI is InChI=1S/C16H23N5OS/c1-9(2)14-19-20-16(21(14)17)23-12(5)15(22)18-13-8-6-7-10(3)11(13)4/h6-9,12H,17H2,1-5H3,(H,18,22)/t12-/m1/s1. The largest absolute Gasteiger partial charge is 0.336 e. The van der Waals surface area contributed by atoms with Crippen molar-refractivity contribution >= 4 is 23.4 Å². The van der Waals surface area contributed by atoms with Crippen molar-refractivity contribution in [1.29, 1.82) is 0 Å². The minimum atomic E-state index is -0.332. The lowest BCUT2D eigenvalue weighted by Gasteiger charge is -2.14. The molecule has 7 heteroatoms. The van der Waals surface area contributed by atoms with Crippen molar-refractivity contribution in [3.8, 4) is 0 Å². The van der Waals surface area contributed by atoms with Crippen LogP contribution in [0.1, 0.15) is 43.6 Å². The van der Waals surface area contributed by atoms with Gasteiger partial charge in [-0.3, -0.25) is 4.79 Å². The summed E-state index contributed by atoms with van der Waals surface area (Å²) in [7, 11) is 0. The number of nitrogens with two attached hydrogens (primary N) is 1. The Morgan fingerprint density at radius 2 is 1.96 bits per heavy atom. The van der Waals surface area contributed by atoms with Crippen molar-refractivity contribution < 1.29 is 4.79 Å². The van der Waals surface area contributed by atoms with Crippen molar-refractivity contribution in [3.63, 3.8) is 0 Å². The number of thioether (sulfide) groups is 1. The summed E-state index contributed by atoms with van der Waals surface area (Å²) in [4.78, 5) is 12.4. The number of hydrogen-bond acceptors (Lipinski definition) is 5. The number of anilines is 1. The predicted molar refractivity (Wildman–Crippen MR) is 94.1 cm³/mol. The Balaban J connectivity index is 2.07. The minimum absolute atomic E-state index is 0.0854. The Bertz CT molecular complexity index is 710. The summed E-state index contributed by atoms with van der Waals surface area (Å²) in [5.74, 6) is 6.79. The first kappa shape index (κ1) is 17.3. The van der Waals surface area contributed by atoms with Crippen LogP contribution in [0.15, 0.2) is 23.4 Å². The van der Waals surface area contributed by atoms with E-state index >= 15 is 0 Å². The molecule has 3 N–H and O–H groups in total. The SMILES string of the molecule is Cc1cccc(NC(=O)[C@@H](C)Sc2nnc(C(C)C)n2N)c1C. The monoisotopic (exact) mass is 333 g/mol. The van der Waals surface area contributed by atoms with Crippen molar-refractivity contribution in [2.75, 3.05) is 11.2 Å². The van der Waals surface area contributed by atoms with E-state index in [1.807, 2.05) is 52.8 Å². The molecule has 0 radical (unpaired) electrons. The summed E-state index contributed by atoms with van der Waals surface area (Å²) in [6.45, 7) is 9.84. The fraction of sp³-hybridized carbons (Fsp3) is 0.438. The highest BCUT2D eigenvalue weighted by Gasteiger charge is 2.20. The van der Waals surface area contributed by atoms with Crippen LogP contribution in [-0.2, 0) is 4.79 Å². The fourth-order valence-corrected chi connectivity index (χ4v) is 2.87. The van der Waals surface area contributed by atoms with Crippen molar-refractivity contribution in [2.24, 2.45) is 0 Å². The number of aromatic nitrogens is 3. The third-order valence-corrected chi connectivity index (χ3v) is 4.78. The molecule has 0 aliphatic carbocycles. The Morgan fingerprint density at radius 3 is 2.57 bits per heavy atom. The van der Waals surface area contributed by atoms with E-state index in [9.17, 15) is 4.79 Å². The molecule has 1 atom stereocenters. The second-order valence-corrected chi connectivity index (χ2v) is 7.17. The van der Waals surface area contributed by atoms with Crippen LogP contribution in [0.4, 0.5) is 5.69 Å². The maximum Gasteiger partial charge on any atom is 0.237 e. The number of carbonyl (C=O) groups excluding carboxylic acids is 1. The minimum Gasteiger partial charge on any atom is -0.336 e. The van der Waals surface area contributed by atoms with Gasteiger partial charge in [0.25, 0.3) is 0 Å². The second-order valence-electron chi connectivity index (χ2n) is 5.86. The Labute approximate surface area is 140 Å². The van der Waals surface area contributed by atoms with E-state index in [0.717, 1.165) is 16.8 Å². The van der Waals surface area contributed by atoms with Gasteiger partial charge in [-0.25, -0.2) is 4.68 Å². The van der Waals surface area contributed by atoms with Gasteiger partial charge in [-0.2, -0.15) is 0 Å². The number of hydrogen-bond donors (Lipinski definition) is 2. The van der Waals surface area contributed by atoms with Crippen LogP contribution in [-0.4, -0.2) is 26.0 Å². The summed E-state index contributed by atoms with van der Waals surface area (Å²) in [5.41, 5.74) is 3.05. The Morgan fingerprint density at radius 1 is 1.26 bits per heavy atom. The van der Waals surface area contributed by atoms with Crippen molar-refractivity contribution in [1.82, 2.24) is 14.9 Å². The average Bonchev–Trinajstić information content (AvgIpc) is 2.85. The molecule has 1 aromatic carbocycles. The lowest BCUT2D eigenvalue weighted by atomic mass is 10.1. The molecule has 0 saturated heterocycles. The van der Waals surface area contributed by atoms with Gasteiger partial charge in [0, 0.05) is 11.6 Å². The van der Waals surface area contributed by atoms with Crippen LogP contribution >= 0.6 is 11.8 Å². The Kier molecular flexibility index (Phi) is 5.30. The van der Waals surface area contributed by atoms with Gasteiger partial charge < -0.3 is 11.2 Å². The molecule has 0 aliphatic heterocycles. The van der Waals surface area contributed by atoms with Gasteiger partial charge in [0.05, 0.1) is 5.25 Å². The molecule has 1 aromatic heterocycles. The number of rotatable bonds is 5. The molecule has 0 bridgehead atoms. The van der Waals surface area contributed by atoms with E-state index in [2.05, 4.69) is 15.5 Å². The zero-order valence-electron chi connectivity index (χ0n) is 14.1. The molecule has 1 heterocycles. The highest BCUT2D eigenvalue weighted by molar-refractivity contribution is 8.00. The molecule has 0 saturated carbocycles. The quantitative estimate of drug-likeness (QED) is 0.649. The van der Waals surface area contributed by atoms with E-state index in [-0.39, 0.29) is 17.1 Å². The number of carbonyl (C=O) groups is 1. The van der Waals surface area contributed by atoms with Gasteiger partial charge >= 0.3 is 0 Å². The van der Waals surface area contributed by atoms with E-state index in [1.165, 1.54) is 16.4 Å². The summed E-state index contributed by atoms with van der Waals surface area (Å²) in [5, 5.41) is 11.3. The van der Waals surface area contributed by atoms with Crippen LogP contribution in [0.2, 0.25) is 0 Å². The number of amides is 1.